The van der Waals surface area contributed by atoms with Crippen LogP contribution in [0, 0.1) is 20.8 Å². The molecule has 146 valence electrons. The summed E-state index contributed by atoms with van der Waals surface area (Å²) in [4.78, 5) is 31.0. The highest BCUT2D eigenvalue weighted by Gasteiger charge is 2.23. The standard InChI is InChI=1S/C24H22N2O3/c1-5-29-24(28)21-16(4)25-15(3)20-22(21)18-12-11-14(2)13-19(18)26(23(20)27)17-9-7-6-8-10-17/h6-13H,5H2,1-4H3. The van der Waals surface area contributed by atoms with Crippen LogP contribution in [0.4, 0.5) is 0 Å². The van der Waals surface area contributed by atoms with E-state index in [9.17, 15) is 9.59 Å². The molecule has 2 aromatic carbocycles. The van der Waals surface area contributed by atoms with Crippen LogP contribution in [0.5, 0.6) is 0 Å². The minimum absolute atomic E-state index is 0.195. The number of benzene rings is 2. The van der Waals surface area contributed by atoms with Gasteiger partial charge >= 0.3 is 5.97 Å². The Hall–Kier alpha value is -3.47. The number of rotatable bonds is 3. The van der Waals surface area contributed by atoms with Crippen molar-refractivity contribution in [3.8, 4) is 5.69 Å². The van der Waals surface area contributed by atoms with Gasteiger partial charge in [-0.05, 0) is 51.5 Å². The lowest BCUT2D eigenvalue weighted by molar-refractivity contribution is 0.0527. The van der Waals surface area contributed by atoms with Crippen LogP contribution in [-0.4, -0.2) is 22.1 Å². The second kappa shape index (κ2) is 7.17. The Labute approximate surface area is 168 Å². The van der Waals surface area contributed by atoms with Crippen LogP contribution in [0.15, 0.2) is 53.3 Å². The molecule has 0 radical (unpaired) electrons. The molecule has 2 heterocycles. The van der Waals surface area contributed by atoms with Crippen LogP contribution >= 0.6 is 0 Å². The van der Waals surface area contributed by atoms with E-state index in [1.165, 1.54) is 0 Å². The average Bonchev–Trinajstić information content (AvgIpc) is 2.68. The molecular formula is C24H22N2O3. The Morgan fingerprint density at radius 2 is 1.72 bits per heavy atom. The molecular weight excluding hydrogens is 364 g/mol. The largest absolute Gasteiger partial charge is 0.462 e. The summed E-state index contributed by atoms with van der Waals surface area (Å²) in [5, 5.41) is 1.88. The van der Waals surface area contributed by atoms with Crippen molar-refractivity contribution < 1.29 is 9.53 Å². The van der Waals surface area contributed by atoms with Gasteiger partial charge in [0.25, 0.3) is 5.56 Å². The van der Waals surface area contributed by atoms with E-state index in [1.807, 2.05) is 55.5 Å². The summed E-state index contributed by atoms with van der Waals surface area (Å²) in [6.07, 6.45) is 0. The Kier molecular flexibility index (Phi) is 4.66. The maximum Gasteiger partial charge on any atom is 0.340 e. The molecule has 0 aliphatic heterocycles. The van der Waals surface area contributed by atoms with Crippen LogP contribution in [0.3, 0.4) is 0 Å². The quantitative estimate of drug-likeness (QED) is 0.380. The maximum atomic E-state index is 13.7. The fourth-order valence-electron chi connectivity index (χ4n) is 3.93. The van der Waals surface area contributed by atoms with Gasteiger partial charge in [-0.25, -0.2) is 4.79 Å². The van der Waals surface area contributed by atoms with E-state index in [2.05, 4.69) is 4.98 Å². The maximum absolute atomic E-state index is 13.7. The zero-order valence-electron chi connectivity index (χ0n) is 16.9. The summed E-state index contributed by atoms with van der Waals surface area (Å²) in [5.74, 6) is -0.457. The van der Waals surface area contributed by atoms with Crippen LogP contribution in [0.25, 0.3) is 27.4 Å². The minimum atomic E-state index is -0.457. The molecule has 4 aromatic rings. The van der Waals surface area contributed by atoms with E-state index in [1.54, 1.807) is 25.3 Å². The molecule has 0 aliphatic carbocycles. The van der Waals surface area contributed by atoms with Crippen LogP contribution in [0.1, 0.15) is 34.2 Å². The molecule has 0 amide bonds. The number of carbonyl (C=O) groups is 1. The van der Waals surface area contributed by atoms with Gasteiger partial charge in [0.15, 0.2) is 0 Å². The van der Waals surface area contributed by atoms with Crippen molar-refractivity contribution in [2.24, 2.45) is 0 Å². The smallest absolute Gasteiger partial charge is 0.340 e. The number of fused-ring (bicyclic) bond motifs is 3. The van der Waals surface area contributed by atoms with E-state index in [4.69, 9.17) is 4.74 Å². The lowest BCUT2D eigenvalue weighted by Gasteiger charge is -2.18. The molecule has 0 unspecified atom stereocenters. The van der Waals surface area contributed by atoms with E-state index >= 15 is 0 Å². The number of ether oxygens (including phenoxy) is 1. The first-order chi connectivity index (χ1) is 13.9. The summed E-state index contributed by atoms with van der Waals surface area (Å²) >= 11 is 0. The Balaban J connectivity index is 2.30. The monoisotopic (exact) mass is 386 g/mol. The van der Waals surface area contributed by atoms with Crippen molar-refractivity contribution >= 4 is 27.6 Å². The van der Waals surface area contributed by atoms with Crippen molar-refractivity contribution in [1.82, 2.24) is 9.55 Å². The molecule has 0 saturated heterocycles. The second-order valence-electron chi connectivity index (χ2n) is 7.12. The third kappa shape index (κ3) is 2.99. The van der Waals surface area contributed by atoms with Gasteiger partial charge in [-0.3, -0.25) is 14.3 Å². The molecule has 0 aliphatic rings. The lowest BCUT2D eigenvalue weighted by Crippen LogP contribution is -2.22. The molecule has 0 bridgehead atoms. The Bertz CT molecular complexity index is 1320. The van der Waals surface area contributed by atoms with Crippen molar-refractivity contribution in [3.05, 3.63) is 81.4 Å². The first kappa shape index (κ1) is 18.9. The van der Waals surface area contributed by atoms with Crippen molar-refractivity contribution in [1.29, 1.82) is 0 Å². The van der Waals surface area contributed by atoms with Crippen LogP contribution in [-0.2, 0) is 4.74 Å². The number of hydrogen-bond donors (Lipinski definition) is 0. The van der Waals surface area contributed by atoms with Crippen molar-refractivity contribution in [2.75, 3.05) is 6.61 Å². The molecule has 0 spiro atoms. The normalized spacial score (nSPS) is 11.2. The molecule has 0 fully saturated rings. The third-order valence-corrected chi connectivity index (χ3v) is 5.13. The average molecular weight is 386 g/mol. The Morgan fingerprint density at radius 3 is 2.41 bits per heavy atom. The number of aromatic nitrogens is 2. The van der Waals surface area contributed by atoms with Crippen molar-refractivity contribution in [2.45, 2.75) is 27.7 Å². The highest BCUT2D eigenvalue weighted by Crippen LogP contribution is 2.31. The van der Waals surface area contributed by atoms with Gasteiger partial charge in [0.1, 0.15) is 0 Å². The van der Waals surface area contributed by atoms with E-state index in [0.717, 1.165) is 22.2 Å². The summed E-state index contributed by atoms with van der Waals surface area (Å²) in [6, 6.07) is 15.4. The number of esters is 1. The summed E-state index contributed by atoms with van der Waals surface area (Å²) in [5.41, 5.74) is 3.88. The fraction of sp³-hybridized carbons (Fsp3) is 0.208. The zero-order valence-corrected chi connectivity index (χ0v) is 16.9. The number of para-hydroxylation sites is 1. The highest BCUT2D eigenvalue weighted by molar-refractivity contribution is 6.16. The van der Waals surface area contributed by atoms with E-state index in [0.29, 0.717) is 27.7 Å². The molecule has 29 heavy (non-hydrogen) atoms. The zero-order chi connectivity index (χ0) is 20.7. The number of pyridine rings is 2. The van der Waals surface area contributed by atoms with E-state index < -0.39 is 5.97 Å². The first-order valence-electron chi connectivity index (χ1n) is 9.62. The third-order valence-electron chi connectivity index (χ3n) is 5.13. The summed E-state index contributed by atoms with van der Waals surface area (Å²) in [6.45, 7) is 7.59. The second-order valence-corrected chi connectivity index (χ2v) is 7.12. The molecule has 5 nitrogen and oxygen atoms in total. The summed E-state index contributed by atoms with van der Waals surface area (Å²) < 4.78 is 6.99. The van der Waals surface area contributed by atoms with Crippen LogP contribution < -0.4 is 5.56 Å². The lowest BCUT2D eigenvalue weighted by atomic mass is 9.97. The van der Waals surface area contributed by atoms with Gasteiger partial charge in [-0.1, -0.05) is 30.3 Å². The van der Waals surface area contributed by atoms with Gasteiger partial charge in [-0.15, -0.1) is 0 Å². The molecule has 4 rings (SSSR count). The Morgan fingerprint density at radius 1 is 1.00 bits per heavy atom. The molecule has 5 heteroatoms. The van der Waals surface area contributed by atoms with Crippen molar-refractivity contribution in [3.63, 3.8) is 0 Å². The SMILES string of the molecule is CCOC(=O)c1c(C)nc(C)c2c(=O)n(-c3ccccc3)c3cc(C)ccc3c12. The summed E-state index contributed by atoms with van der Waals surface area (Å²) in [7, 11) is 0. The molecule has 2 aromatic heterocycles. The first-order valence-corrected chi connectivity index (χ1v) is 9.62. The topological polar surface area (TPSA) is 61.2 Å². The molecule has 0 N–H and O–H groups in total. The van der Waals surface area contributed by atoms with Gasteiger partial charge in [0.05, 0.1) is 34.5 Å². The number of nitrogens with zero attached hydrogens (tertiary/aromatic N) is 2. The number of hydrogen-bond acceptors (Lipinski definition) is 4. The van der Waals surface area contributed by atoms with Gasteiger partial charge in [0.2, 0.25) is 0 Å². The molecule has 0 saturated carbocycles. The minimum Gasteiger partial charge on any atom is -0.462 e. The van der Waals surface area contributed by atoms with Gasteiger partial charge < -0.3 is 4.74 Å². The predicted molar refractivity (Wildman–Crippen MR) is 115 cm³/mol. The highest BCUT2D eigenvalue weighted by atomic mass is 16.5. The number of carbonyl (C=O) groups excluding carboxylic acids is 1. The fourth-order valence-corrected chi connectivity index (χ4v) is 3.93. The molecule has 0 atom stereocenters. The van der Waals surface area contributed by atoms with Crippen LogP contribution in [0.2, 0.25) is 0 Å². The number of aryl methyl sites for hydroxylation is 3. The predicted octanol–water partition coefficient (Wildman–Crippen LogP) is 4.64. The van der Waals surface area contributed by atoms with Gasteiger partial charge in [-0.2, -0.15) is 0 Å². The van der Waals surface area contributed by atoms with Gasteiger partial charge in [0, 0.05) is 16.5 Å². The van der Waals surface area contributed by atoms with E-state index in [-0.39, 0.29) is 12.2 Å².